The van der Waals surface area contributed by atoms with Crippen molar-refractivity contribution in [3.05, 3.63) is 125 Å². The fourth-order valence-electron chi connectivity index (χ4n) is 4.98. The lowest BCUT2D eigenvalue weighted by Gasteiger charge is -2.28. The van der Waals surface area contributed by atoms with Crippen molar-refractivity contribution in [2.45, 2.75) is 12.6 Å². The lowest BCUT2D eigenvalue weighted by Crippen LogP contribution is -2.37. The smallest absolute Gasteiger partial charge is 0.255 e. The molecule has 4 aromatic carbocycles. The zero-order valence-electron chi connectivity index (χ0n) is 21.6. The SMILES string of the molecule is O=C(Nc1cccc(CN2CCOCC2)c1)c1ccc(NC2=Nc3ccccc3C(c3ccccc3)N2)cc1. The third-order valence-electron chi connectivity index (χ3n) is 7.00. The zero-order valence-corrected chi connectivity index (χ0v) is 21.6. The van der Waals surface area contributed by atoms with E-state index in [9.17, 15) is 4.79 Å². The van der Waals surface area contributed by atoms with E-state index in [-0.39, 0.29) is 11.9 Å². The number of benzene rings is 4. The van der Waals surface area contributed by atoms with Crippen molar-refractivity contribution in [1.29, 1.82) is 0 Å². The molecule has 4 aromatic rings. The summed E-state index contributed by atoms with van der Waals surface area (Å²) in [6.45, 7) is 4.24. The molecule has 2 heterocycles. The summed E-state index contributed by atoms with van der Waals surface area (Å²) in [4.78, 5) is 20.1. The molecule has 6 rings (SSSR count). The van der Waals surface area contributed by atoms with Crippen LogP contribution in [0.15, 0.2) is 108 Å². The molecule has 0 spiro atoms. The molecule has 39 heavy (non-hydrogen) atoms. The van der Waals surface area contributed by atoms with E-state index in [1.54, 1.807) is 0 Å². The summed E-state index contributed by atoms with van der Waals surface area (Å²) in [5, 5.41) is 9.94. The molecular formula is C32H31N5O2. The number of rotatable bonds is 6. The number of morpholine rings is 1. The highest BCUT2D eigenvalue weighted by Crippen LogP contribution is 2.33. The molecule has 0 bridgehead atoms. The molecule has 0 saturated carbocycles. The van der Waals surface area contributed by atoms with E-state index in [0.29, 0.717) is 11.5 Å². The number of ether oxygens (including phenoxy) is 1. The topological polar surface area (TPSA) is 78.0 Å². The summed E-state index contributed by atoms with van der Waals surface area (Å²) in [7, 11) is 0. The Labute approximate surface area is 228 Å². The standard InChI is InChI=1S/C32H31N5O2/c38-31(33-27-10-6-7-23(21-27)22-37-17-19-39-20-18-37)25-13-15-26(16-14-25)34-32-35-29-12-5-4-11-28(29)30(36-32)24-8-2-1-3-9-24/h1-16,21,30H,17-20,22H2,(H,33,38)(H2,34,35,36). The number of aliphatic imine (C=N–C) groups is 1. The number of hydrogen-bond donors (Lipinski definition) is 3. The highest BCUT2D eigenvalue weighted by molar-refractivity contribution is 6.05. The Morgan fingerprint density at radius 2 is 1.64 bits per heavy atom. The van der Waals surface area contributed by atoms with Gasteiger partial charge in [0, 0.05) is 42.1 Å². The Kier molecular flexibility index (Phi) is 7.34. The molecule has 1 unspecified atom stereocenters. The second kappa shape index (κ2) is 11.5. The van der Waals surface area contributed by atoms with Gasteiger partial charge in [-0.15, -0.1) is 0 Å². The zero-order chi connectivity index (χ0) is 26.4. The average molecular weight is 518 g/mol. The minimum Gasteiger partial charge on any atom is -0.379 e. The average Bonchev–Trinajstić information content (AvgIpc) is 2.98. The van der Waals surface area contributed by atoms with Gasteiger partial charge in [0.15, 0.2) is 0 Å². The van der Waals surface area contributed by atoms with Crippen molar-refractivity contribution in [1.82, 2.24) is 10.2 Å². The first-order valence-electron chi connectivity index (χ1n) is 13.3. The molecule has 7 nitrogen and oxygen atoms in total. The van der Waals surface area contributed by atoms with Gasteiger partial charge in [0.2, 0.25) is 5.96 Å². The number of carbonyl (C=O) groups is 1. The highest BCUT2D eigenvalue weighted by Gasteiger charge is 2.23. The Bertz CT molecular complexity index is 1460. The molecule has 3 N–H and O–H groups in total. The van der Waals surface area contributed by atoms with Crippen molar-refractivity contribution in [2.24, 2.45) is 4.99 Å². The minimum atomic E-state index is -0.142. The van der Waals surface area contributed by atoms with Crippen LogP contribution in [-0.2, 0) is 11.3 Å². The lowest BCUT2D eigenvalue weighted by atomic mass is 9.96. The van der Waals surface area contributed by atoms with Gasteiger partial charge >= 0.3 is 0 Å². The number of amides is 1. The van der Waals surface area contributed by atoms with Crippen molar-refractivity contribution >= 4 is 28.9 Å². The van der Waals surface area contributed by atoms with E-state index in [1.165, 1.54) is 11.1 Å². The molecule has 0 radical (unpaired) electrons. The Morgan fingerprint density at radius 1 is 0.872 bits per heavy atom. The van der Waals surface area contributed by atoms with Gasteiger partial charge < -0.3 is 20.7 Å². The minimum absolute atomic E-state index is 0.00791. The molecule has 1 fully saturated rings. The summed E-state index contributed by atoms with van der Waals surface area (Å²) < 4.78 is 5.44. The number of nitrogens with one attached hydrogen (secondary N) is 3. The molecule has 2 aliphatic heterocycles. The maximum absolute atomic E-state index is 13.0. The molecule has 1 saturated heterocycles. The number of para-hydroxylation sites is 1. The summed E-state index contributed by atoms with van der Waals surface area (Å²) in [5.74, 6) is 0.521. The first-order valence-corrected chi connectivity index (χ1v) is 13.3. The van der Waals surface area contributed by atoms with Gasteiger partial charge in [0.25, 0.3) is 5.91 Å². The van der Waals surface area contributed by atoms with Crippen LogP contribution in [-0.4, -0.2) is 43.1 Å². The van der Waals surface area contributed by atoms with Crippen LogP contribution < -0.4 is 16.0 Å². The monoisotopic (exact) mass is 517 g/mol. The first-order chi connectivity index (χ1) is 19.2. The second-order valence-corrected chi connectivity index (χ2v) is 9.75. The first kappa shape index (κ1) is 24.9. The van der Waals surface area contributed by atoms with Crippen LogP contribution in [0, 0.1) is 0 Å². The predicted molar refractivity (Wildman–Crippen MR) is 156 cm³/mol. The van der Waals surface area contributed by atoms with Gasteiger partial charge in [0.05, 0.1) is 24.9 Å². The van der Waals surface area contributed by atoms with Crippen LogP contribution in [0.4, 0.5) is 17.1 Å². The second-order valence-electron chi connectivity index (χ2n) is 9.75. The number of anilines is 2. The van der Waals surface area contributed by atoms with Crippen molar-refractivity contribution in [3.8, 4) is 0 Å². The van der Waals surface area contributed by atoms with E-state index < -0.39 is 0 Å². The van der Waals surface area contributed by atoms with Gasteiger partial charge in [-0.3, -0.25) is 9.69 Å². The molecular weight excluding hydrogens is 486 g/mol. The maximum Gasteiger partial charge on any atom is 0.255 e. The molecule has 2 aliphatic rings. The van der Waals surface area contributed by atoms with Gasteiger partial charge in [-0.25, -0.2) is 4.99 Å². The molecule has 0 aliphatic carbocycles. The maximum atomic E-state index is 13.0. The van der Waals surface area contributed by atoms with Crippen molar-refractivity contribution in [3.63, 3.8) is 0 Å². The van der Waals surface area contributed by atoms with E-state index in [2.05, 4.69) is 45.1 Å². The number of hydrogen-bond acceptors (Lipinski definition) is 6. The van der Waals surface area contributed by atoms with Crippen LogP contribution in [0.2, 0.25) is 0 Å². The van der Waals surface area contributed by atoms with E-state index in [0.717, 1.165) is 55.5 Å². The fraction of sp³-hybridized carbons (Fsp3) is 0.188. The third kappa shape index (κ3) is 6.00. The molecule has 1 atom stereocenters. The molecule has 0 aromatic heterocycles. The molecule has 196 valence electrons. The van der Waals surface area contributed by atoms with Crippen LogP contribution in [0.25, 0.3) is 0 Å². The van der Waals surface area contributed by atoms with Crippen LogP contribution >= 0.6 is 0 Å². The van der Waals surface area contributed by atoms with Crippen LogP contribution in [0.3, 0.4) is 0 Å². The molecule has 1 amide bonds. The summed E-state index contributed by atoms with van der Waals surface area (Å²) in [5.41, 5.74) is 6.63. The predicted octanol–water partition coefficient (Wildman–Crippen LogP) is 5.56. The normalized spacial score (nSPS) is 16.9. The fourth-order valence-corrected chi connectivity index (χ4v) is 4.98. The van der Waals surface area contributed by atoms with Gasteiger partial charge in [0.1, 0.15) is 0 Å². The van der Waals surface area contributed by atoms with E-state index in [1.807, 2.05) is 78.9 Å². The third-order valence-corrected chi connectivity index (χ3v) is 7.00. The Balaban J connectivity index is 1.12. The van der Waals surface area contributed by atoms with Crippen molar-refractivity contribution in [2.75, 3.05) is 36.9 Å². The lowest BCUT2D eigenvalue weighted by molar-refractivity contribution is 0.0342. The molecule has 7 heteroatoms. The van der Waals surface area contributed by atoms with Crippen molar-refractivity contribution < 1.29 is 9.53 Å². The number of carbonyl (C=O) groups excluding carboxylic acids is 1. The van der Waals surface area contributed by atoms with E-state index >= 15 is 0 Å². The van der Waals surface area contributed by atoms with Gasteiger partial charge in [-0.2, -0.15) is 0 Å². The summed E-state index contributed by atoms with van der Waals surface area (Å²) >= 11 is 0. The Hall–Kier alpha value is -4.46. The number of fused-ring (bicyclic) bond motifs is 1. The number of nitrogens with zero attached hydrogens (tertiary/aromatic N) is 2. The van der Waals surface area contributed by atoms with E-state index in [4.69, 9.17) is 9.73 Å². The Morgan fingerprint density at radius 3 is 2.46 bits per heavy atom. The number of guanidine groups is 1. The van der Waals surface area contributed by atoms with Gasteiger partial charge in [-0.1, -0.05) is 60.7 Å². The largest absolute Gasteiger partial charge is 0.379 e. The van der Waals surface area contributed by atoms with Gasteiger partial charge in [-0.05, 0) is 53.6 Å². The van der Waals surface area contributed by atoms with Crippen LogP contribution in [0.5, 0.6) is 0 Å². The van der Waals surface area contributed by atoms with Crippen LogP contribution in [0.1, 0.15) is 33.1 Å². The quantitative estimate of drug-likeness (QED) is 0.312. The highest BCUT2D eigenvalue weighted by atomic mass is 16.5. The summed E-state index contributed by atoms with van der Waals surface area (Å²) in [6.07, 6.45) is 0. The summed E-state index contributed by atoms with van der Waals surface area (Å²) in [6, 6.07) is 34.0.